The Hall–Kier alpha value is -7.41. The minimum atomic E-state index is -1.19. The van der Waals surface area contributed by atoms with Crippen molar-refractivity contribution in [3.63, 3.8) is 0 Å². The number of methoxy groups -OCH3 is 4. The van der Waals surface area contributed by atoms with Gasteiger partial charge in [-0.15, -0.1) is 0 Å². The molecule has 7 atom stereocenters. The van der Waals surface area contributed by atoms with Crippen LogP contribution >= 0.6 is 86.4 Å². The number of Topliss-reactive ketones (excluding diaryl/α,β-unsaturated/α-hetero) is 4. The first-order chi connectivity index (χ1) is 62.3. The highest BCUT2D eigenvalue weighted by Gasteiger charge is 2.34. The molecule has 11 amide bonds. The lowest BCUT2D eigenvalue weighted by molar-refractivity contribution is -0.133. The van der Waals surface area contributed by atoms with Crippen molar-refractivity contribution < 1.29 is 95.6 Å². The van der Waals surface area contributed by atoms with Crippen molar-refractivity contribution in [2.45, 2.75) is 230 Å². The average molecular weight is 2000 g/mol. The molecule has 40 heteroatoms. The van der Waals surface area contributed by atoms with E-state index in [4.69, 9.17) is 23.7 Å². The smallest absolute Gasteiger partial charge is 0.258 e. The molecule has 0 bridgehead atoms. The lowest BCUT2D eigenvalue weighted by Gasteiger charge is -2.26. The first kappa shape index (κ1) is 121. The number of amides is 11. The molecule has 0 heterocycles. The Balaban J connectivity index is 0.0000293. The molecular formula is C92H146N12O20S8. The van der Waals surface area contributed by atoms with Crippen LogP contribution in [-0.2, 0) is 87.9 Å². The summed E-state index contributed by atoms with van der Waals surface area (Å²) in [5, 5.41) is 32.7. The number of ketones is 4. The quantitative estimate of drug-likeness (QED) is 0.0184. The van der Waals surface area contributed by atoms with E-state index in [0.29, 0.717) is 54.3 Å². The third kappa shape index (κ3) is 56.2. The summed E-state index contributed by atoms with van der Waals surface area (Å²) in [6.45, 7) is 27.9. The van der Waals surface area contributed by atoms with Gasteiger partial charge in [-0.25, -0.2) is 0 Å². The molecule has 0 aliphatic carbocycles. The number of hydrogen-bond acceptors (Lipinski definition) is 29. The Morgan fingerprint density at radius 2 is 0.818 bits per heavy atom. The summed E-state index contributed by atoms with van der Waals surface area (Å²) in [5.74, 6) is -10.1. The zero-order chi connectivity index (χ0) is 99.0. The lowest BCUT2D eigenvalue weighted by Crippen LogP contribution is -2.54. The van der Waals surface area contributed by atoms with Crippen LogP contribution in [0.3, 0.4) is 0 Å². The van der Waals surface area contributed by atoms with Crippen molar-refractivity contribution in [3.05, 3.63) is 89.0 Å². The van der Waals surface area contributed by atoms with Gasteiger partial charge < -0.3 is 87.5 Å². The summed E-state index contributed by atoms with van der Waals surface area (Å²) in [4.78, 5) is 206. The fraction of sp³-hybridized carbons (Fsp3) is 0.641. The van der Waals surface area contributed by atoms with Crippen molar-refractivity contribution in [2.24, 2.45) is 17.8 Å². The van der Waals surface area contributed by atoms with E-state index in [0.717, 1.165) is 11.1 Å². The summed E-state index contributed by atoms with van der Waals surface area (Å²) in [6.07, 6.45) is 0.738. The highest BCUT2D eigenvalue weighted by atomic mass is 33.1. The molecular weight excluding hydrogens is 1850 g/mol. The maximum atomic E-state index is 15.4. The van der Waals surface area contributed by atoms with Crippen LogP contribution in [-0.4, -0.2) is 256 Å². The molecule has 0 saturated carbocycles. The van der Waals surface area contributed by atoms with E-state index in [1.807, 2.05) is 128 Å². The van der Waals surface area contributed by atoms with Crippen LogP contribution < -0.4 is 78.0 Å². The monoisotopic (exact) mass is 1990 g/mol. The molecule has 132 heavy (non-hydrogen) atoms. The molecule has 3 aromatic carbocycles. The third-order valence-electron chi connectivity index (χ3n) is 18.5. The van der Waals surface area contributed by atoms with E-state index in [1.54, 1.807) is 49.5 Å². The van der Waals surface area contributed by atoms with Gasteiger partial charge in [-0.05, 0) is 81.9 Å². The van der Waals surface area contributed by atoms with Gasteiger partial charge in [0.1, 0.15) is 29.3 Å². The predicted molar refractivity (Wildman–Crippen MR) is 537 cm³/mol. The van der Waals surface area contributed by atoms with Gasteiger partial charge in [0.05, 0.1) is 84.6 Å². The molecule has 0 aliphatic rings. The Kier molecular flexibility index (Phi) is 60.4. The largest absolute Gasteiger partial charge is 0.497 e. The SMILES string of the molecule is CC.CNCCCC[C@H](NC(=O)[C@H](CCCCNC(=O)CNC(=O)[C@H](CSSC(C)(C)C)NC(=O)CNC(=O)[C@H](CSSC(C)(C)C)NC(=O)CNC(=O)CCOC)CC(=O)CNC(=O)[C@H](CSSC(C)(C)C)CC(=O)CNC(=O)[C@H](CSSC(C)(C)C)CC(=O)CNC(=O)CCOC)C(=O)CC(c1ccc(OCC(=O)NCc2ccc(C)cc2)cc1)c1ccc(OC)cc1OC. The number of carbonyl (C=O) groups excluding carboxylic acids is 15. The molecule has 0 aliphatic heterocycles. The molecule has 1 unspecified atom stereocenters. The van der Waals surface area contributed by atoms with Crippen molar-refractivity contribution in [2.75, 3.05) is 131 Å². The minimum Gasteiger partial charge on any atom is -0.497 e. The van der Waals surface area contributed by atoms with Crippen LogP contribution in [0.2, 0.25) is 0 Å². The number of carbonyl (C=O) groups is 15. The Bertz CT molecular complexity index is 4090. The highest BCUT2D eigenvalue weighted by Crippen LogP contribution is 2.41. The van der Waals surface area contributed by atoms with Crippen LogP contribution in [0.1, 0.15) is 202 Å². The highest BCUT2D eigenvalue weighted by molar-refractivity contribution is 8.78. The maximum Gasteiger partial charge on any atom is 0.258 e. The van der Waals surface area contributed by atoms with Crippen molar-refractivity contribution in [1.29, 1.82) is 0 Å². The molecule has 0 spiro atoms. The van der Waals surface area contributed by atoms with Gasteiger partial charge >= 0.3 is 0 Å². The summed E-state index contributed by atoms with van der Waals surface area (Å²) in [5.41, 5.74) is 3.31. The summed E-state index contributed by atoms with van der Waals surface area (Å²) < 4.78 is 26.4. The first-order valence-corrected chi connectivity index (χ1v) is 53.6. The zero-order valence-electron chi connectivity index (χ0n) is 80.6. The van der Waals surface area contributed by atoms with Crippen molar-refractivity contribution >= 4 is 174 Å². The van der Waals surface area contributed by atoms with Crippen LogP contribution in [0.5, 0.6) is 17.2 Å². The van der Waals surface area contributed by atoms with E-state index in [-0.39, 0.29) is 144 Å². The predicted octanol–water partition coefficient (Wildman–Crippen LogP) is 10.2. The second-order valence-electron chi connectivity index (χ2n) is 34.8. The van der Waals surface area contributed by atoms with Crippen molar-refractivity contribution in [3.8, 4) is 17.2 Å². The molecule has 0 fully saturated rings. The first-order valence-electron chi connectivity index (χ1n) is 44.3. The maximum absolute atomic E-state index is 15.4. The molecule has 0 saturated heterocycles. The van der Waals surface area contributed by atoms with Gasteiger partial charge in [-0.1, -0.05) is 238 Å². The number of nitrogens with one attached hydrogen (secondary N) is 12. The molecule has 0 radical (unpaired) electrons. The van der Waals surface area contributed by atoms with E-state index in [9.17, 15) is 62.3 Å². The average Bonchev–Trinajstić information content (AvgIpc) is 0.802. The Labute approximate surface area is 813 Å². The molecule has 742 valence electrons. The lowest BCUT2D eigenvalue weighted by atomic mass is 9.84. The van der Waals surface area contributed by atoms with Crippen LogP contribution in [0.15, 0.2) is 66.7 Å². The van der Waals surface area contributed by atoms with Crippen LogP contribution in [0, 0.1) is 24.7 Å². The fourth-order valence-electron chi connectivity index (χ4n) is 11.8. The molecule has 3 aromatic rings. The second kappa shape index (κ2) is 66.1. The Morgan fingerprint density at radius 1 is 0.386 bits per heavy atom. The molecule has 12 N–H and O–H groups in total. The van der Waals surface area contributed by atoms with Gasteiger partial charge in [0.25, 0.3) is 5.91 Å². The molecule has 3 rings (SSSR count). The number of aryl methyl sites for hydroxylation is 1. The number of rotatable bonds is 66. The van der Waals surface area contributed by atoms with E-state index < -0.39 is 157 Å². The summed E-state index contributed by atoms with van der Waals surface area (Å²) in [7, 11) is 19.0. The van der Waals surface area contributed by atoms with Gasteiger partial charge in [0.15, 0.2) is 29.7 Å². The fourth-order valence-corrected chi connectivity index (χ4v) is 22.0. The van der Waals surface area contributed by atoms with Crippen LogP contribution in [0.4, 0.5) is 0 Å². The van der Waals surface area contributed by atoms with Gasteiger partial charge in [0.2, 0.25) is 59.1 Å². The number of ether oxygens (including phenoxy) is 5. The van der Waals surface area contributed by atoms with Crippen LogP contribution in [0.25, 0.3) is 0 Å². The minimum absolute atomic E-state index is 0.0222. The van der Waals surface area contributed by atoms with E-state index in [2.05, 4.69) is 63.8 Å². The zero-order valence-corrected chi connectivity index (χ0v) is 87.2. The molecule has 32 nitrogen and oxygen atoms in total. The second-order valence-corrected chi connectivity index (χ2v) is 47.5. The van der Waals surface area contributed by atoms with Crippen molar-refractivity contribution in [1.82, 2.24) is 63.8 Å². The number of hydrogen-bond donors (Lipinski definition) is 12. The summed E-state index contributed by atoms with van der Waals surface area (Å²) in [6, 6.07) is 16.6. The standard InChI is InChI=1S/C90H140N12O20S8.C2H6/c1-58-25-27-59(28-26-58)46-93-81(112)53-122-67-31-29-60(30-32-67)70(69-34-33-68(120-17)44-75(69)121-18)45-74(106)71(24-20-21-37-91-14)102-84(115)61(41-64(103)48-96-83(114)63(55-124-128-88(5,6)7)43-66(105)49-97-82(113)62(54-123-127-87(2,3)4)42-65(104)47-94-76(107)35-39-118-15)23-19-22-38-92-78(109)50-98-85(116)72(56-125-129-89(8,9)10)101-80(111)52-99-86(117)73(57-126-130-90(11,12)13)100-79(110)51-95-77(108)36-40-119-16;1-2/h25-34,44,61-63,70-73,91H,19-24,35-43,45-57H2,1-18H3,(H,92,109)(H,93,112)(H,94,107)(H,95,108)(H,96,114)(H,97,113)(H,98,116)(H,99,117)(H,100,110)(H,101,111)(H,102,115);1-2H3/t61-,62+,63+,70?,71+,72+,73+;/m1./s1. The third-order valence-corrected chi connectivity index (χ3v) is 32.0. The van der Waals surface area contributed by atoms with E-state index >= 15 is 9.59 Å². The van der Waals surface area contributed by atoms with Gasteiger partial charge in [0, 0.05) is 131 Å². The number of unbranched alkanes of at least 4 members (excludes halogenated alkanes) is 2. The van der Waals surface area contributed by atoms with Gasteiger partial charge in [-0.2, -0.15) is 0 Å². The van der Waals surface area contributed by atoms with Gasteiger partial charge in [-0.3, -0.25) is 71.9 Å². The Morgan fingerprint density at radius 3 is 1.29 bits per heavy atom. The molecule has 0 aromatic heterocycles. The topological polar surface area (TPSA) is 447 Å². The van der Waals surface area contributed by atoms with E-state index in [1.165, 1.54) is 115 Å². The number of benzene rings is 3. The normalized spacial score (nSPS) is 13.1. The summed E-state index contributed by atoms with van der Waals surface area (Å²) >= 11 is 0.